The van der Waals surface area contributed by atoms with E-state index >= 15 is 0 Å². The molecule has 174 valence electrons. The topological polar surface area (TPSA) is 54.5 Å². The van der Waals surface area contributed by atoms with Gasteiger partial charge in [0.05, 0.1) is 28.4 Å². The highest BCUT2D eigenvalue weighted by atomic mass is 16.2. The maximum Gasteiger partial charge on any atom is 0.239 e. The van der Waals surface area contributed by atoms with Crippen LogP contribution in [0.25, 0.3) is 11.1 Å². The third-order valence-corrected chi connectivity index (χ3v) is 8.58. The number of carbonyl (C=O) groups excluding carboxylic acids is 3. The molecule has 0 aromatic heterocycles. The summed E-state index contributed by atoms with van der Waals surface area (Å²) in [7, 11) is 0. The Kier molecular flexibility index (Phi) is 4.72. The highest BCUT2D eigenvalue weighted by molar-refractivity contribution is 6.34. The molecule has 0 spiro atoms. The molecule has 2 bridgehead atoms. The van der Waals surface area contributed by atoms with Gasteiger partial charge in [0, 0.05) is 0 Å². The molecule has 3 aromatic carbocycles. The van der Waals surface area contributed by atoms with Crippen molar-refractivity contribution < 1.29 is 14.4 Å². The minimum absolute atomic E-state index is 0.0390. The van der Waals surface area contributed by atoms with E-state index in [4.69, 9.17) is 0 Å². The lowest BCUT2D eigenvalue weighted by molar-refractivity contribution is -0.134. The Labute approximate surface area is 205 Å². The van der Waals surface area contributed by atoms with Crippen molar-refractivity contribution in [1.82, 2.24) is 0 Å². The van der Waals surface area contributed by atoms with E-state index in [1.165, 1.54) is 4.90 Å². The number of imide groups is 1. The van der Waals surface area contributed by atoms with Gasteiger partial charge in [0.2, 0.25) is 11.8 Å². The van der Waals surface area contributed by atoms with Gasteiger partial charge in [-0.3, -0.25) is 14.4 Å². The van der Waals surface area contributed by atoms with E-state index in [0.29, 0.717) is 18.5 Å². The summed E-state index contributed by atoms with van der Waals surface area (Å²) in [6.45, 7) is 3.97. The molecular weight excluding hydrogens is 434 g/mol. The van der Waals surface area contributed by atoms with Gasteiger partial charge >= 0.3 is 0 Å². The summed E-state index contributed by atoms with van der Waals surface area (Å²) in [5.74, 6) is -1.86. The second-order valence-corrected chi connectivity index (χ2v) is 9.76. The quantitative estimate of drug-likeness (QED) is 0.452. The molecule has 0 unspecified atom stereocenters. The average molecular weight is 462 g/mol. The number of nitrogens with zero attached hydrogens (tertiary/aromatic N) is 1. The van der Waals surface area contributed by atoms with Crippen molar-refractivity contribution in [2.45, 2.75) is 26.7 Å². The van der Waals surface area contributed by atoms with Gasteiger partial charge < -0.3 is 0 Å². The standard InChI is InChI=1S/C31H27NO3/c1-3-30-23(20-14-8-5-9-15-20)24(21-16-10-6-11-17-21)31(4-2,29(30)35)26-25(30)27(33)32(28(26)34)22-18-12-7-13-19-22/h5-19,25-26H,3-4H2,1-2H3/t25-,26-,30-,31-/m0/s1. The van der Waals surface area contributed by atoms with Crippen molar-refractivity contribution in [3.8, 4) is 0 Å². The largest absolute Gasteiger partial charge is 0.298 e. The predicted octanol–water partition coefficient (Wildman–Crippen LogP) is 5.79. The fourth-order valence-corrected chi connectivity index (χ4v) is 7.29. The van der Waals surface area contributed by atoms with Crippen molar-refractivity contribution in [2.24, 2.45) is 22.7 Å². The van der Waals surface area contributed by atoms with Gasteiger partial charge in [-0.25, -0.2) is 4.90 Å². The van der Waals surface area contributed by atoms with Crippen LogP contribution in [-0.2, 0) is 14.4 Å². The van der Waals surface area contributed by atoms with Crippen molar-refractivity contribution in [3.63, 3.8) is 0 Å². The van der Waals surface area contributed by atoms with Crippen LogP contribution in [0.4, 0.5) is 5.69 Å². The molecule has 1 saturated carbocycles. The Balaban J connectivity index is 1.69. The lowest BCUT2D eigenvalue weighted by Crippen LogP contribution is -2.41. The van der Waals surface area contributed by atoms with Gasteiger partial charge in [-0.2, -0.15) is 0 Å². The van der Waals surface area contributed by atoms with Crippen LogP contribution in [0.2, 0.25) is 0 Å². The van der Waals surface area contributed by atoms with Crippen LogP contribution in [0.5, 0.6) is 0 Å². The number of hydrogen-bond donors (Lipinski definition) is 0. The van der Waals surface area contributed by atoms with Crippen molar-refractivity contribution >= 4 is 34.4 Å². The third kappa shape index (κ3) is 2.49. The molecule has 2 aliphatic carbocycles. The molecule has 6 rings (SSSR count). The number of benzene rings is 3. The zero-order valence-corrected chi connectivity index (χ0v) is 19.9. The molecule has 1 saturated heterocycles. The summed E-state index contributed by atoms with van der Waals surface area (Å²) >= 11 is 0. The minimum atomic E-state index is -1.04. The van der Waals surface area contributed by atoms with Crippen LogP contribution < -0.4 is 4.90 Å². The van der Waals surface area contributed by atoms with Gasteiger partial charge in [0.1, 0.15) is 0 Å². The smallest absolute Gasteiger partial charge is 0.239 e. The summed E-state index contributed by atoms with van der Waals surface area (Å²) in [6, 6.07) is 29.0. The Morgan fingerprint density at radius 2 is 0.971 bits per heavy atom. The Hall–Kier alpha value is -3.79. The predicted molar refractivity (Wildman–Crippen MR) is 136 cm³/mol. The van der Waals surface area contributed by atoms with Gasteiger partial charge in [-0.15, -0.1) is 0 Å². The van der Waals surface area contributed by atoms with Crippen molar-refractivity contribution in [2.75, 3.05) is 4.90 Å². The molecule has 0 N–H and O–H groups in total. The summed E-state index contributed by atoms with van der Waals surface area (Å²) in [5.41, 5.74) is 2.26. The monoisotopic (exact) mass is 461 g/mol. The third-order valence-electron chi connectivity index (χ3n) is 8.58. The van der Waals surface area contributed by atoms with E-state index in [2.05, 4.69) is 0 Å². The maximum atomic E-state index is 14.6. The highest BCUT2D eigenvalue weighted by Crippen LogP contribution is 2.75. The molecule has 1 heterocycles. The van der Waals surface area contributed by atoms with E-state index in [1.807, 2.05) is 92.7 Å². The van der Waals surface area contributed by atoms with E-state index in [0.717, 1.165) is 22.3 Å². The fraction of sp³-hybridized carbons (Fsp3) is 0.258. The number of rotatable bonds is 5. The van der Waals surface area contributed by atoms with Gasteiger partial charge in [-0.05, 0) is 47.2 Å². The van der Waals surface area contributed by atoms with Crippen molar-refractivity contribution in [1.29, 1.82) is 0 Å². The number of para-hydroxylation sites is 1. The Morgan fingerprint density at radius 3 is 1.34 bits per heavy atom. The highest BCUT2D eigenvalue weighted by Gasteiger charge is 2.80. The van der Waals surface area contributed by atoms with Crippen LogP contribution in [0.3, 0.4) is 0 Å². The molecule has 1 aliphatic heterocycles. The number of ketones is 1. The summed E-state index contributed by atoms with van der Waals surface area (Å²) < 4.78 is 0. The summed E-state index contributed by atoms with van der Waals surface area (Å²) in [6.07, 6.45) is 0.938. The zero-order valence-electron chi connectivity index (χ0n) is 19.9. The lowest BCUT2D eigenvalue weighted by atomic mass is 9.60. The van der Waals surface area contributed by atoms with Crippen LogP contribution in [0.1, 0.15) is 37.8 Å². The van der Waals surface area contributed by atoms with Crippen LogP contribution in [-0.4, -0.2) is 17.6 Å². The van der Waals surface area contributed by atoms with Gasteiger partial charge in [0.25, 0.3) is 0 Å². The van der Waals surface area contributed by atoms with E-state index in [1.54, 1.807) is 12.1 Å². The second-order valence-electron chi connectivity index (χ2n) is 9.76. The van der Waals surface area contributed by atoms with Crippen LogP contribution >= 0.6 is 0 Å². The molecule has 4 heteroatoms. The number of carbonyl (C=O) groups is 3. The lowest BCUT2D eigenvalue weighted by Gasteiger charge is -2.38. The van der Waals surface area contributed by atoms with Gasteiger partial charge in [0.15, 0.2) is 5.78 Å². The molecule has 2 amide bonds. The minimum Gasteiger partial charge on any atom is -0.298 e. The Bertz CT molecular complexity index is 1290. The number of anilines is 1. The van der Waals surface area contributed by atoms with Gasteiger partial charge in [-0.1, -0.05) is 92.7 Å². The average Bonchev–Trinajstić information content (AvgIpc) is 3.41. The van der Waals surface area contributed by atoms with Crippen LogP contribution in [0.15, 0.2) is 91.0 Å². The molecular formula is C31H27NO3. The van der Waals surface area contributed by atoms with E-state index < -0.39 is 22.7 Å². The second kappa shape index (κ2) is 7.61. The molecule has 3 aliphatic rings. The summed E-state index contributed by atoms with van der Waals surface area (Å²) in [4.78, 5) is 44.2. The zero-order chi connectivity index (χ0) is 24.4. The molecule has 35 heavy (non-hydrogen) atoms. The Morgan fingerprint density at radius 1 is 0.600 bits per heavy atom. The first-order valence-electron chi connectivity index (χ1n) is 12.4. The number of hydrogen-bond acceptors (Lipinski definition) is 3. The molecule has 2 fully saturated rings. The van der Waals surface area contributed by atoms with E-state index in [9.17, 15) is 14.4 Å². The first-order chi connectivity index (χ1) is 17.0. The van der Waals surface area contributed by atoms with Crippen LogP contribution in [0, 0.1) is 22.7 Å². The summed E-state index contributed by atoms with van der Waals surface area (Å²) in [5, 5.41) is 0. The molecule has 4 nitrogen and oxygen atoms in total. The normalized spacial score (nSPS) is 29.3. The number of Topliss-reactive ketones (excluding diaryl/α,β-unsaturated/α-hetero) is 1. The SMILES string of the molecule is CC[C@]12C(=O)[C@@](CC)(C(c3ccccc3)=C1c1ccccc1)[C@@H]1C(=O)N(c3ccccc3)C(=O)[C@H]12. The molecule has 3 aromatic rings. The van der Waals surface area contributed by atoms with E-state index in [-0.39, 0.29) is 17.6 Å². The maximum absolute atomic E-state index is 14.6. The molecule has 0 radical (unpaired) electrons. The molecule has 4 atom stereocenters. The first-order valence-corrected chi connectivity index (χ1v) is 12.4. The number of allylic oxidation sites excluding steroid dienone is 2. The fourth-order valence-electron chi connectivity index (χ4n) is 7.29. The number of fused-ring (bicyclic) bond motifs is 5. The first kappa shape index (κ1) is 21.7. The van der Waals surface area contributed by atoms with Crippen molar-refractivity contribution in [3.05, 3.63) is 102 Å². The number of amides is 2.